The standard InChI is InChI=1S/C24H28O8Si3/c1-33(2,19-15-21(25)29-23(19)27)31-35(17-11-7-5-8-12-17,18-13-9-6-10-14-18)32-34(3,4)20-16-22(26)30-24(20)28/h5-14,19-20H,15-16H2,1-4H3. The van der Waals surface area contributed by atoms with Crippen LogP contribution in [-0.2, 0) is 36.9 Å². The molecule has 2 aromatic rings. The summed E-state index contributed by atoms with van der Waals surface area (Å²) in [6, 6.07) is 19.0. The van der Waals surface area contributed by atoms with Gasteiger partial charge < -0.3 is 17.7 Å². The first-order chi connectivity index (χ1) is 16.4. The van der Waals surface area contributed by atoms with Crippen molar-refractivity contribution in [3.63, 3.8) is 0 Å². The van der Waals surface area contributed by atoms with Crippen molar-refractivity contribution < 1.29 is 36.9 Å². The molecule has 2 atom stereocenters. The first-order valence-electron chi connectivity index (χ1n) is 11.4. The molecule has 2 fully saturated rings. The second kappa shape index (κ2) is 9.39. The van der Waals surface area contributed by atoms with Crippen molar-refractivity contribution in [2.24, 2.45) is 0 Å². The maximum Gasteiger partial charge on any atom is 0.386 e. The zero-order chi connectivity index (χ0) is 25.4. The van der Waals surface area contributed by atoms with Gasteiger partial charge in [-0.2, -0.15) is 0 Å². The minimum absolute atomic E-state index is 0.0314. The minimum Gasteiger partial charge on any atom is -0.429 e. The quantitative estimate of drug-likeness (QED) is 0.292. The predicted molar refractivity (Wildman–Crippen MR) is 134 cm³/mol. The molecule has 2 aliphatic rings. The third-order valence-corrected chi connectivity index (χ3v) is 19.5. The van der Waals surface area contributed by atoms with E-state index in [9.17, 15) is 19.2 Å². The molecule has 0 N–H and O–H groups in total. The summed E-state index contributed by atoms with van der Waals surface area (Å²) in [6.07, 6.45) is -0.0627. The Morgan fingerprint density at radius 2 is 0.971 bits per heavy atom. The van der Waals surface area contributed by atoms with Crippen LogP contribution < -0.4 is 10.4 Å². The summed E-state index contributed by atoms with van der Waals surface area (Å²) in [5.74, 6) is -2.26. The van der Waals surface area contributed by atoms with Crippen LogP contribution in [0.5, 0.6) is 0 Å². The number of carbonyl (C=O) groups is 4. The Morgan fingerprint density at radius 3 is 1.26 bits per heavy atom. The van der Waals surface area contributed by atoms with Gasteiger partial charge in [0.25, 0.3) is 0 Å². The van der Waals surface area contributed by atoms with Gasteiger partial charge in [0, 0.05) is 0 Å². The number of ether oxygens (including phenoxy) is 2. The topological polar surface area (TPSA) is 105 Å². The third-order valence-electron chi connectivity index (χ3n) is 6.54. The van der Waals surface area contributed by atoms with Crippen LogP contribution in [0.4, 0.5) is 0 Å². The fraction of sp³-hybridized carbons (Fsp3) is 0.333. The first kappa shape index (κ1) is 25.4. The van der Waals surface area contributed by atoms with Crippen molar-refractivity contribution in [1.82, 2.24) is 0 Å². The van der Waals surface area contributed by atoms with Gasteiger partial charge in [0.05, 0.1) is 23.9 Å². The molecule has 8 nitrogen and oxygen atoms in total. The smallest absolute Gasteiger partial charge is 0.386 e. The van der Waals surface area contributed by atoms with Gasteiger partial charge in [0.1, 0.15) is 0 Å². The molecule has 0 aromatic heterocycles. The fourth-order valence-corrected chi connectivity index (χ4v) is 18.3. The monoisotopic (exact) mass is 528 g/mol. The Balaban J connectivity index is 1.86. The van der Waals surface area contributed by atoms with E-state index in [4.69, 9.17) is 17.7 Å². The molecule has 0 amide bonds. The number of hydrogen-bond donors (Lipinski definition) is 0. The molecule has 35 heavy (non-hydrogen) atoms. The van der Waals surface area contributed by atoms with Crippen LogP contribution in [0.2, 0.25) is 37.3 Å². The van der Waals surface area contributed by atoms with Crippen LogP contribution in [0.1, 0.15) is 12.8 Å². The highest BCUT2D eigenvalue weighted by Gasteiger charge is 2.58. The highest BCUT2D eigenvalue weighted by atomic mass is 28.5. The van der Waals surface area contributed by atoms with E-state index >= 15 is 0 Å². The molecule has 0 spiro atoms. The van der Waals surface area contributed by atoms with Crippen molar-refractivity contribution in [1.29, 1.82) is 0 Å². The molecule has 2 aromatic carbocycles. The molecule has 0 saturated carbocycles. The van der Waals surface area contributed by atoms with Gasteiger partial charge in [0.2, 0.25) is 0 Å². The maximum absolute atomic E-state index is 12.6. The van der Waals surface area contributed by atoms with E-state index < -0.39 is 60.2 Å². The molecule has 2 aliphatic heterocycles. The summed E-state index contributed by atoms with van der Waals surface area (Å²) in [4.78, 5) is 48.9. The minimum atomic E-state index is -3.57. The molecule has 184 valence electrons. The average molecular weight is 529 g/mol. The van der Waals surface area contributed by atoms with Gasteiger partial charge >= 0.3 is 32.4 Å². The largest absolute Gasteiger partial charge is 0.429 e. The summed E-state index contributed by atoms with van der Waals surface area (Å²) in [6.45, 7) is 7.54. The van der Waals surface area contributed by atoms with E-state index in [1.165, 1.54) is 0 Å². The van der Waals surface area contributed by atoms with Gasteiger partial charge in [0.15, 0.2) is 16.6 Å². The van der Waals surface area contributed by atoms with Crippen molar-refractivity contribution in [2.75, 3.05) is 0 Å². The summed E-state index contributed by atoms with van der Waals surface area (Å²) >= 11 is 0. The van der Waals surface area contributed by atoms with Crippen LogP contribution in [0, 0.1) is 0 Å². The Bertz CT molecular complexity index is 1060. The Morgan fingerprint density at radius 1 is 0.629 bits per heavy atom. The molecule has 0 bridgehead atoms. The predicted octanol–water partition coefficient (Wildman–Crippen LogP) is 2.37. The molecular formula is C24H28O8Si3. The lowest BCUT2D eigenvalue weighted by Gasteiger charge is -2.44. The van der Waals surface area contributed by atoms with E-state index in [1.54, 1.807) is 0 Å². The van der Waals surface area contributed by atoms with Gasteiger partial charge in [-0.05, 0) is 36.6 Å². The zero-order valence-corrected chi connectivity index (χ0v) is 23.1. The average Bonchev–Trinajstić information content (AvgIpc) is 3.34. The number of cyclic esters (lactones) is 4. The second-order valence-corrected chi connectivity index (χ2v) is 21.7. The van der Waals surface area contributed by atoms with Crippen molar-refractivity contribution in [2.45, 2.75) is 50.1 Å². The number of hydrogen-bond acceptors (Lipinski definition) is 8. The number of carbonyl (C=O) groups excluding carboxylic acids is 4. The molecular weight excluding hydrogens is 501 g/mol. The van der Waals surface area contributed by atoms with E-state index in [2.05, 4.69) is 0 Å². The van der Waals surface area contributed by atoms with E-state index in [-0.39, 0.29) is 12.8 Å². The Hall–Kier alpha value is -2.71. The normalized spacial score (nSPS) is 21.3. The molecule has 2 saturated heterocycles. The summed E-state index contributed by atoms with van der Waals surface area (Å²) in [7, 11) is -9.50. The third kappa shape index (κ3) is 5.00. The molecule has 2 unspecified atom stereocenters. The second-order valence-electron chi connectivity index (χ2n) is 9.86. The molecule has 0 aliphatic carbocycles. The maximum atomic E-state index is 12.6. The summed E-state index contributed by atoms with van der Waals surface area (Å²) < 4.78 is 23.8. The fourth-order valence-electron chi connectivity index (χ4n) is 4.63. The SMILES string of the molecule is C[Si](C)(O[Si](O[Si](C)(C)C1CC(=O)OC1=O)(c1ccccc1)c1ccccc1)C1CC(=O)OC1=O. The Labute approximate surface area is 207 Å². The van der Waals surface area contributed by atoms with Gasteiger partial charge in [-0.3, -0.25) is 19.2 Å². The molecule has 0 radical (unpaired) electrons. The summed E-state index contributed by atoms with van der Waals surface area (Å²) in [5, 5.41) is 1.62. The van der Waals surface area contributed by atoms with Gasteiger partial charge in [-0.25, -0.2) is 0 Å². The van der Waals surface area contributed by atoms with Crippen molar-refractivity contribution in [3.8, 4) is 0 Å². The number of benzene rings is 2. The van der Waals surface area contributed by atoms with Crippen LogP contribution in [0.3, 0.4) is 0 Å². The van der Waals surface area contributed by atoms with E-state index in [0.29, 0.717) is 0 Å². The molecule has 2 heterocycles. The highest BCUT2D eigenvalue weighted by Crippen LogP contribution is 2.39. The van der Waals surface area contributed by atoms with Gasteiger partial charge in [-0.15, -0.1) is 0 Å². The zero-order valence-electron chi connectivity index (χ0n) is 20.1. The number of esters is 4. The van der Waals surface area contributed by atoms with E-state index in [0.717, 1.165) is 10.4 Å². The van der Waals surface area contributed by atoms with Crippen molar-refractivity contribution in [3.05, 3.63) is 60.7 Å². The van der Waals surface area contributed by atoms with Crippen LogP contribution in [-0.4, -0.2) is 49.1 Å². The van der Waals surface area contributed by atoms with Crippen LogP contribution in [0.25, 0.3) is 0 Å². The lowest BCUT2D eigenvalue weighted by molar-refractivity contribution is -0.153. The highest BCUT2D eigenvalue weighted by molar-refractivity contribution is 7.03. The Kier molecular flexibility index (Phi) is 6.81. The first-order valence-corrected chi connectivity index (χ1v) is 19.2. The lowest BCUT2D eigenvalue weighted by atomic mass is 10.3. The van der Waals surface area contributed by atoms with Gasteiger partial charge in [-0.1, -0.05) is 60.7 Å². The van der Waals surface area contributed by atoms with Crippen LogP contribution >= 0.6 is 0 Å². The number of rotatable bonds is 8. The molecule has 11 heteroatoms. The van der Waals surface area contributed by atoms with Crippen LogP contribution in [0.15, 0.2) is 60.7 Å². The van der Waals surface area contributed by atoms with Crippen molar-refractivity contribution >= 4 is 59.4 Å². The molecule has 4 rings (SSSR count). The lowest BCUT2D eigenvalue weighted by Crippen LogP contribution is -2.71. The van der Waals surface area contributed by atoms with E-state index in [1.807, 2.05) is 86.9 Å². The summed E-state index contributed by atoms with van der Waals surface area (Å²) in [5.41, 5.74) is -1.36.